The smallest absolute Gasteiger partial charge is 0.0111 e. The molecule has 0 nitrogen and oxygen atoms in total. The molecule has 0 aromatic carbocycles. The predicted octanol–water partition coefficient (Wildman–Crippen LogP) is 4.40. The minimum absolute atomic E-state index is 1.15. The van der Waals surface area contributed by atoms with Gasteiger partial charge in [0.1, 0.15) is 0 Å². The standard InChI is InChI=1S/C13H20/c1-3-4-5-6-9-13-10-7-8-12(2)11-13/h3,8-9H,1,4-7,10-11H2,2H3. The molecule has 13 heavy (non-hydrogen) atoms. The van der Waals surface area contributed by atoms with E-state index in [0.29, 0.717) is 0 Å². The van der Waals surface area contributed by atoms with Gasteiger partial charge in [0, 0.05) is 0 Å². The largest absolute Gasteiger partial charge is 0.103 e. The predicted molar refractivity (Wildman–Crippen MR) is 59.7 cm³/mol. The Kier molecular flexibility index (Phi) is 4.59. The van der Waals surface area contributed by atoms with Crippen molar-refractivity contribution in [1.82, 2.24) is 0 Å². The van der Waals surface area contributed by atoms with Crippen LogP contribution in [0.4, 0.5) is 0 Å². The molecule has 1 rings (SSSR count). The van der Waals surface area contributed by atoms with Gasteiger partial charge >= 0.3 is 0 Å². The van der Waals surface area contributed by atoms with Gasteiger partial charge in [-0.25, -0.2) is 0 Å². The maximum absolute atomic E-state index is 3.73. The average molecular weight is 176 g/mol. The van der Waals surface area contributed by atoms with Gasteiger partial charge in [0.25, 0.3) is 0 Å². The first-order valence-corrected chi connectivity index (χ1v) is 5.27. The highest BCUT2D eigenvalue weighted by Crippen LogP contribution is 2.23. The van der Waals surface area contributed by atoms with Crippen molar-refractivity contribution >= 4 is 0 Å². The maximum Gasteiger partial charge on any atom is -0.0111 e. The minimum atomic E-state index is 1.15. The molecule has 0 aliphatic heterocycles. The molecule has 0 radical (unpaired) electrons. The van der Waals surface area contributed by atoms with Gasteiger partial charge in [0.2, 0.25) is 0 Å². The first kappa shape index (κ1) is 10.3. The molecule has 72 valence electrons. The van der Waals surface area contributed by atoms with Crippen molar-refractivity contribution < 1.29 is 0 Å². The summed E-state index contributed by atoms with van der Waals surface area (Å²) in [6.45, 7) is 5.96. The summed E-state index contributed by atoms with van der Waals surface area (Å²) in [4.78, 5) is 0. The fourth-order valence-electron chi connectivity index (χ4n) is 1.77. The molecule has 0 saturated heterocycles. The summed E-state index contributed by atoms with van der Waals surface area (Å²) in [7, 11) is 0. The van der Waals surface area contributed by atoms with E-state index in [1.165, 1.54) is 32.1 Å². The monoisotopic (exact) mass is 176 g/mol. The summed E-state index contributed by atoms with van der Waals surface area (Å²) in [6.07, 6.45) is 14.2. The lowest BCUT2D eigenvalue weighted by atomic mass is 9.94. The molecule has 0 amide bonds. The molecule has 1 aliphatic rings. The zero-order valence-electron chi connectivity index (χ0n) is 8.68. The molecule has 0 aromatic heterocycles. The van der Waals surface area contributed by atoms with E-state index < -0.39 is 0 Å². The number of unbranched alkanes of at least 4 members (excludes halogenated alkanes) is 2. The van der Waals surface area contributed by atoms with Crippen LogP contribution in [0.15, 0.2) is 36.0 Å². The molecule has 0 aromatic rings. The van der Waals surface area contributed by atoms with E-state index in [0.717, 1.165) is 6.42 Å². The third kappa shape index (κ3) is 4.12. The average Bonchev–Trinajstić information content (AvgIpc) is 2.13. The van der Waals surface area contributed by atoms with Crippen molar-refractivity contribution in [2.45, 2.75) is 45.4 Å². The second-order valence-corrected chi connectivity index (χ2v) is 3.85. The van der Waals surface area contributed by atoms with Crippen molar-refractivity contribution in [1.29, 1.82) is 0 Å². The molecule has 0 N–H and O–H groups in total. The Morgan fingerprint density at radius 1 is 1.46 bits per heavy atom. The topological polar surface area (TPSA) is 0 Å². The third-order valence-electron chi connectivity index (χ3n) is 2.51. The fourth-order valence-corrected chi connectivity index (χ4v) is 1.77. The fraction of sp³-hybridized carbons (Fsp3) is 0.538. The second kappa shape index (κ2) is 5.80. The van der Waals surface area contributed by atoms with E-state index in [9.17, 15) is 0 Å². The molecule has 0 atom stereocenters. The Morgan fingerprint density at radius 3 is 3.00 bits per heavy atom. The number of allylic oxidation sites excluding steroid dienone is 5. The number of hydrogen-bond donors (Lipinski definition) is 0. The quantitative estimate of drug-likeness (QED) is 0.440. The molecular formula is C13H20. The van der Waals surface area contributed by atoms with Gasteiger partial charge in [0.15, 0.2) is 0 Å². The van der Waals surface area contributed by atoms with E-state index in [1.54, 1.807) is 11.1 Å². The van der Waals surface area contributed by atoms with Crippen molar-refractivity contribution in [2.24, 2.45) is 0 Å². The maximum atomic E-state index is 3.73. The van der Waals surface area contributed by atoms with Gasteiger partial charge in [-0.3, -0.25) is 0 Å². The molecular weight excluding hydrogens is 156 g/mol. The van der Waals surface area contributed by atoms with Crippen LogP contribution in [0.2, 0.25) is 0 Å². The van der Waals surface area contributed by atoms with Crippen LogP contribution in [0.25, 0.3) is 0 Å². The summed E-state index contributed by atoms with van der Waals surface area (Å²) >= 11 is 0. The van der Waals surface area contributed by atoms with E-state index in [1.807, 2.05) is 6.08 Å². The van der Waals surface area contributed by atoms with Gasteiger partial charge in [-0.1, -0.05) is 29.4 Å². The van der Waals surface area contributed by atoms with Gasteiger partial charge < -0.3 is 0 Å². The van der Waals surface area contributed by atoms with E-state index in [4.69, 9.17) is 0 Å². The Morgan fingerprint density at radius 2 is 2.31 bits per heavy atom. The van der Waals surface area contributed by atoms with E-state index in [2.05, 4.69) is 25.7 Å². The molecule has 0 heteroatoms. The van der Waals surface area contributed by atoms with Crippen molar-refractivity contribution in [2.75, 3.05) is 0 Å². The third-order valence-corrected chi connectivity index (χ3v) is 2.51. The zero-order valence-corrected chi connectivity index (χ0v) is 8.68. The molecule has 0 fully saturated rings. The zero-order chi connectivity index (χ0) is 9.52. The van der Waals surface area contributed by atoms with Crippen LogP contribution in [-0.4, -0.2) is 0 Å². The molecule has 0 heterocycles. The Hall–Kier alpha value is -0.780. The van der Waals surface area contributed by atoms with Crippen molar-refractivity contribution in [3.8, 4) is 0 Å². The van der Waals surface area contributed by atoms with Crippen LogP contribution in [0.3, 0.4) is 0 Å². The number of rotatable bonds is 4. The lowest BCUT2D eigenvalue weighted by Crippen LogP contribution is -1.92. The van der Waals surface area contributed by atoms with Crippen LogP contribution in [0.5, 0.6) is 0 Å². The van der Waals surface area contributed by atoms with Crippen LogP contribution in [0, 0.1) is 0 Å². The summed E-state index contributed by atoms with van der Waals surface area (Å²) in [5, 5.41) is 0. The highest BCUT2D eigenvalue weighted by molar-refractivity contribution is 5.18. The summed E-state index contributed by atoms with van der Waals surface area (Å²) in [5.74, 6) is 0. The summed E-state index contributed by atoms with van der Waals surface area (Å²) < 4.78 is 0. The molecule has 0 unspecified atom stereocenters. The molecule has 0 bridgehead atoms. The lowest BCUT2D eigenvalue weighted by Gasteiger charge is -2.12. The van der Waals surface area contributed by atoms with E-state index in [-0.39, 0.29) is 0 Å². The van der Waals surface area contributed by atoms with Crippen LogP contribution in [0.1, 0.15) is 45.4 Å². The van der Waals surface area contributed by atoms with Crippen molar-refractivity contribution in [3.05, 3.63) is 36.0 Å². The SMILES string of the molecule is C=CCCCC=C1CCC=C(C)C1. The summed E-state index contributed by atoms with van der Waals surface area (Å²) in [5.41, 5.74) is 3.19. The highest BCUT2D eigenvalue weighted by Gasteiger charge is 2.03. The minimum Gasteiger partial charge on any atom is -0.103 e. The van der Waals surface area contributed by atoms with Gasteiger partial charge in [-0.15, -0.1) is 6.58 Å². The molecule has 1 aliphatic carbocycles. The van der Waals surface area contributed by atoms with Crippen LogP contribution < -0.4 is 0 Å². The van der Waals surface area contributed by atoms with Crippen LogP contribution >= 0.6 is 0 Å². The first-order valence-electron chi connectivity index (χ1n) is 5.27. The molecule has 0 spiro atoms. The van der Waals surface area contributed by atoms with Gasteiger partial charge in [-0.2, -0.15) is 0 Å². The summed E-state index contributed by atoms with van der Waals surface area (Å²) in [6, 6.07) is 0. The Labute approximate surface area is 82.0 Å². The first-order chi connectivity index (χ1) is 6.33. The second-order valence-electron chi connectivity index (χ2n) is 3.85. The normalized spacial score (nSPS) is 20.1. The van der Waals surface area contributed by atoms with Gasteiger partial charge in [-0.05, 0) is 45.4 Å². The van der Waals surface area contributed by atoms with Crippen molar-refractivity contribution in [3.63, 3.8) is 0 Å². The van der Waals surface area contributed by atoms with E-state index >= 15 is 0 Å². The Balaban J connectivity index is 2.27. The highest BCUT2D eigenvalue weighted by atomic mass is 14.1. The van der Waals surface area contributed by atoms with Crippen LogP contribution in [-0.2, 0) is 0 Å². The Bertz CT molecular complexity index is 218. The van der Waals surface area contributed by atoms with Gasteiger partial charge in [0.05, 0.1) is 0 Å². The number of hydrogen-bond acceptors (Lipinski definition) is 0. The lowest BCUT2D eigenvalue weighted by molar-refractivity contribution is 0.817. The molecule has 0 saturated carbocycles.